The second-order valence-electron chi connectivity index (χ2n) is 6.92. The van der Waals surface area contributed by atoms with Crippen LogP contribution in [0.3, 0.4) is 0 Å². The third-order valence-electron chi connectivity index (χ3n) is 5.08. The number of pyridine rings is 1. The number of nitrogens with zero attached hydrogens (tertiary/aromatic N) is 2. The Morgan fingerprint density at radius 2 is 1.86 bits per heavy atom. The Labute approximate surface area is 173 Å². The van der Waals surface area contributed by atoms with Crippen molar-refractivity contribution in [3.05, 3.63) is 110 Å². The first kappa shape index (κ1) is 18.9. The lowest BCUT2D eigenvalue weighted by molar-refractivity contribution is 0.389. The Morgan fingerprint density at radius 3 is 2.52 bits per heavy atom. The molecule has 0 radical (unpaired) electrons. The van der Waals surface area contributed by atoms with Gasteiger partial charge in [0.1, 0.15) is 17.4 Å². The number of aryl methyl sites for hydroxylation is 1. The van der Waals surface area contributed by atoms with Crippen LogP contribution in [0.5, 0.6) is 5.75 Å². The fraction of sp³-hybridized carbons (Fsp3) is 0.130. The summed E-state index contributed by atoms with van der Waals surface area (Å²) in [4.78, 5) is 13.5. The molecule has 0 spiro atoms. The maximum atomic E-state index is 13.5. The second kappa shape index (κ2) is 7.50. The van der Waals surface area contributed by atoms with E-state index < -0.39 is 5.92 Å². The lowest BCUT2D eigenvalue weighted by Crippen LogP contribution is -2.33. The van der Waals surface area contributed by atoms with Crippen LogP contribution in [0.15, 0.2) is 76.9 Å². The molecule has 1 aliphatic rings. The summed E-state index contributed by atoms with van der Waals surface area (Å²) in [5.74, 6) is -0.219. The van der Waals surface area contributed by atoms with E-state index in [1.807, 2.05) is 37.3 Å². The lowest BCUT2D eigenvalue weighted by atomic mass is 9.84. The monoisotopic (exact) mass is 403 g/mol. The van der Waals surface area contributed by atoms with Gasteiger partial charge in [0.25, 0.3) is 5.56 Å². The molecule has 2 N–H and O–H groups in total. The molecule has 1 atom stereocenters. The fourth-order valence-electron chi connectivity index (χ4n) is 3.64. The Morgan fingerprint density at radius 1 is 1.17 bits per heavy atom. The van der Waals surface area contributed by atoms with Crippen LogP contribution >= 0.6 is 11.6 Å². The van der Waals surface area contributed by atoms with E-state index in [1.165, 1.54) is 0 Å². The molecule has 144 valence electrons. The standard InChI is InChI=1S/C23H18ClN3O2/c1-14-11-19-21(23(28)27(14)13-15-5-3-2-4-6-15)20(18(12-25)22(26)29-19)16-7-9-17(24)10-8-16/h2-11,20H,13,26H2,1H3. The zero-order chi connectivity index (χ0) is 20.5. The molecule has 0 fully saturated rings. The highest BCUT2D eigenvalue weighted by molar-refractivity contribution is 6.30. The van der Waals surface area contributed by atoms with Crippen LogP contribution < -0.4 is 16.0 Å². The number of ether oxygens (including phenoxy) is 1. The van der Waals surface area contributed by atoms with Gasteiger partial charge in [0.15, 0.2) is 0 Å². The molecule has 2 aromatic carbocycles. The van der Waals surface area contributed by atoms with Gasteiger partial charge in [-0.05, 0) is 30.2 Å². The molecule has 6 heteroatoms. The van der Waals surface area contributed by atoms with Gasteiger partial charge in [-0.2, -0.15) is 5.26 Å². The first-order valence-electron chi connectivity index (χ1n) is 9.11. The molecule has 5 nitrogen and oxygen atoms in total. The van der Waals surface area contributed by atoms with Gasteiger partial charge >= 0.3 is 0 Å². The van der Waals surface area contributed by atoms with Crippen LogP contribution in [0.2, 0.25) is 5.02 Å². The van der Waals surface area contributed by atoms with Crippen LogP contribution in [0, 0.1) is 18.3 Å². The Kier molecular flexibility index (Phi) is 4.87. The Hall–Kier alpha value is -3.49. The summed E-state index contributed by atoms with van der Waals surface area (Å²) in [6, 6.07) is 20.7. The fourth-order valence-corrected chi connectivity index (χ4v) is 3.76. The van der Waals surface area contributed by atoms with Crippen LogP contribution in [-0.4, -0.2) is 4.57 Å². The first-order valence-corrected chi connectivity index (χ1v) is 9.48. The number of hydrogen-bond donors (Lipinski definition) is 1. The second-order valence-corrected chi connectivity index (χ2v) is 7.35. The average molecular weight is 404 g/mol. The molecule has 1 unspecified atom stereocenters. The molecule has 0 saturated heterocycles. The van der Waals surface area contributed by atoms with Gasteiger partial charge in [0.2, 0.25) is 5.88 Å². The van der Waals surface area contributed by atoms with Gasteiger partial charge in [-0.25, -0.2) is 0 Å². The van der Waals surface area contributed by atoms with E-state index in [9.17, 15) is 10.1 Å². The highest BCUT2D eigenvalue weighted by Crippen LogP contribution is 2.40. The van der Waals surface area contributed by atoms with E-state index in [4.69, 9.17) is 22.1 Å². The third kappa shape index (κ3) is 3.39. The SMILES string of the molecule is Cc1cc2c(c(=O)n1Cc1ccccc1)C(c1ccc(Cl)cc1)C(C#N)=C(N)O2. The number of benzene rings is 2. The maximum Gasteiger partial charge on any atom is 0.259 e. The number of nitrogens with two attached hydrogens (primary N) is 1. The van der Waals surface area contributed by atoms with E-state index >= 15 is 0 Å². The zero-order valence-electron chi connectivity index (χ0n) is 15.7. The van der Waals surface area contributed by atoms with Crippen molar-refractivity contribution >= 4 is 11.6 Å². The smallest absolute Gasteiger partial charge is 0.259 e. The maximum absolute atomic E-state index is 13.5. The number of aromatic nitrogens is 1. The van der Waals surface area contributed by atoms with Gasteiger partial charge in [-0.3, -0.25) is 4.79 Å². The van der Waals surface area contributed by atoms with E-state index in [0.29, 0.717) is 22.9 Å². The third-order valence-corrected chi connectivity index (χ3v) is 5.33. The van der Waals surface area contributed by atoms with Crippen LogP contribution in [0.1, 0.15) is 28.3 Å². The first-order chi connectivity index (χ1) is 14.0. The summed E-state index contributed by atoms with van der Waals surface area (Å²) in [7, 11) is 0. The number of allylic oxidation sites excluding steroid dienone is 1. The molecular weight excluding hydrogens is 386 g/mol. The number of nitriles is 1. The summed E-state index contributed by atoms with van der Waals surface area (Å²) in [5, 5.41) is 10.3. The quantitative estimate of drug-likeness (QED) is 0.714. The number of hydrogen-bond acceptors (Lipinski definition) is 4. The molecule has 4 rings (SSSR count). The molecule has 0 saturated carbocycles. The van der Waals surface area contributed by atoms with Crippen molar-refractivity contribution in [1.82, 2.24) is 4.57 Å². The number of fused-ring (bicyclic) bond motifs is 1. The van der Waals surface area contributed by atoms with Crippen molar-refractivity contribution < 1.29 is 4.74 Å². The van der Waals surface area contributed by atoms with Gasteiger partial charge in [0, 0.05) is 16.8 Å². The highest BCUT2D eigenvalue weighted by Gasteiger charge is 2.34. The molecule has 0 amide bonds. The van der Waals surface area contributed by atoms with Crippen molar-refractivity contribution in [1.29, 1.82) is 5.26 Å². The number of rotatable bonds is 3. The molecule has 0 bridgehead atoms. The van der Waals surface area contributed by atoms with Gasteiger partial charge in [-0.15, -0.1) is 0 Å². The molecule has 2 heterocycles. The molecule has 29 heavy (non-hydrogen) atoms. The van der Waals surface area contributed by atoms with E-state index in [1.54, 1.807) is 34.9 Å². The average Bonchev–Trinajstić information content (AvgIpc) is 2.71. The molecule has 0 aliphatic carbocycles. The van der Waals surface area contributed by atoms with Crippen LogP contribution in [0.4, 0.5) is 0 Å². The van der Waals surface area contributed by atoms with Crippen molar-refractivity contribution in [3.8, 4) is 11.8 Å². The molecule has 3 aromatic rings. The number of halogens is 1. The Balaban J connectivity index is 1.92. The minimum Gasteiger partial charge on any atom is -0.440 e. The lowest BCUT2D eigenvalue weighted by Gasteiger charge is -2.27. The summed E-state index contributed by atoms with van der Waals surface area (Å²) < 4.78 is 7.36. The van der Waals surface area contributed by atoms with Gasteiger partial charge < -0.3 is 15.0 Å². The largest absolute Gasteiger partial charge is 0.440 e. The molecule has 1 aromatic heterocycles. The normalized spacial score (nSPS) is 15.4. The van der Waals surface area contributed by atoms with E-state index in [0.717, 1.165) is 16.8 Å². The van der Waals surface area contributed by atoms with Gasteiger partial charge in [-0.1, -0.05) is 54.1 Å². The summed E-state index contributed by atoms with van der Waals surface area (Å²) in [6.07, 6.45) is 0. The zero-order valence-corrected chi connectivity index (χ0v) is 16.5. The molecular formula is C23H18ClN3O2. The predicted molar refractivity (Wildman–Crippen MR) is 112 cm³/mol. The summed E-state index contributed by atoms with van der Waals surface area (Å²) >= 11 is 6.03. The van der Waals surface area contributed by atoms with Crippen LogP contribution in [0.25, 0.3) is 0 Å². The highest BCUT2D eigenvalue weighted by atomic mass is 35.5. The van der Waals surface area contributed by atoms with Crippen molar-refractivity contribution in [2.75, 3.05) is 0 Å². The Bertz CT molecular complexity index is 1210. The summed E-state index contributed by atoms with van der Waals surface area (Å²) in [5.41, 5.74) is 8.95. The van der Waals surface area contributed by atoms with Crippen LogP contribution in [-0.2, 0) is 6.54 Å². The van der Waals surface area contributed by atoms with Crippen molar-refractivity contribution in [2.45, 2.75) is 19.4 Å². The topological polar surface area (TPSA) is 81.0 Å². The predicted octanol–water partition coefficient (Wildman–Crippen LogP) is 4.08. The van der Waals surface area contributed by atoms with Crippen molar-refractivity contribution in [3.63, 3.8) is 0 Å². The molecule has 1 aliphatic heterocycles. The van der Waals surface area contributed by atoms with Crippen molar-refractivity contribution in [2.24, 2.45) is 5.73 Å². The van der Waals surface area contributed by atoms with Gasteiger partial charge in [0.05, 0.1) is 18.0 Å². The minimum absolute atomic E-state index is 0.0135. The minimum atomic E-state index is -0.615. The van der Waals surface area contributed by atoms with E-state index in [2.05, 4.69) is 6.07 Å². The summed E-state index contributed by atoms with van der Waals surface area (Å²) in [6.45, 7) is 2.28. The van der Waals surface area contributed by atoms with E-state index in [-0.39, 0.29) is 17.0 Å².